The first-order valence-corrected chi connectivity index (χ1v) is 10.2. The summed E-state index contributed by atoms with van der Waals surface area (Å²) in [6, 6.07) is 15.3. The fourth-order valence-electron chi connectivity index (χ4n) is 2.72. The van der Waals surface area contributed by atoms with E-state index in [4.69, 9.17) is 9.47 Å². The van der Waals surface area contributed by atoms with Gasteiger partial charge in [0.1, 0.15) is 5.75 Å². The van der Waals surface area contributed by atoms with E-state index in [1.165, 1.54) is 0 Å². The summed E-state index contributed by atoms with van der Waals surface area (Å²) in [5, 5.41) is 9.43. The minimum absolute atomic E-state index is 0.0523. The first kappa shape index (κ1) is 23.2. The molecule has 0 bridgehead atoms. The molecule has 2 aromatic carbocycles. The quantitative estimate of drug-likeness (QED) is 0.299. The van der Waals surface area contributed by atoms with Crippen LogP contribution in [-0.2, 0) is 11.3 Å². The van der Waals surface area contributed by atoms with Crippen molar-refractivity contribution in [3.8, 4) is 5.75 Å². The van der Waals surface area contributed by atoms with Crippen LogP contribution in [0.1, 0.15) is 35.7 Å². The van der Waals surface area contributed by atoms with Crippen LogP contribution >= 0.6 is 0 Å². The van der Waals surface area contributed by atoms with E-state index >= 15 is 0 Å². The second kappa shape index (κ2) is 13.2. The Labute approximate surface area is 178 Å². The van der Waals surface area contributed by atoms with Crippen molar-refractivity contribution in [2.45, 2.75) is 26.3 Å². The molecule has 162 valence electrons. The molecular formula is C23H32N4O3. The predicted octanol–water partition coefficient (Wildman–Crippen LogP) is 3.43. The normalized spacial score (nSPS) is 11.1. The van der Waals surface area contributed by atoms with Gasteiger partial charge in [0, 0.05) is 57.6 Å². The van der Waals surface area contributed by atoms with E-state index in [1.54, 1.807) is 14.2 Å². The molecule has 2 rings (SSSR count). The maximum Gasteiger partial charge on any atom is 0.251 e. The third-order valence-corrected chi connectivity index (χ3v) is 4.27. The zero-order valence-corrected chi connectivity index (χ0v) is 18.0. The molecule has 2 aromatic rings. The van der Waals surface area contributed by atoms with Crippen LogP contribution in [0, 0.1) is 0 Å². The molecule has 0 fully saturated rings. The smallest absolute Gasteiger partial charge is 0.251 e. The SMILES string of the molecule is CCCNC(=O)c1cccc(CNC(=NC)Nc2cccc(OCCCOC)c2)c1. The summed E-state index contributed by atoms with van der Waals surface area (Å²) in [5.74, 6) is 1.37. The molecule has 7 heteroatoms. The van der Waals surface area contributed by atoms with Gasteiger partial charge in [0.2, 0.25) is 0 Å². The van der Waals surface area contributed by atoms with Gasteiger partial charge in [-0.2, -0.15) is 0 Å². The summed E-state index contributed by atoms with van der Waals surface area (Å²) < 4.78 is 10.8. The van der Waals surface area contributed by atoms with Gasteiger partial charge < -0.3 is 25.4 Å². The number of benzene rings is 2. The average molecular weight is 413 g/mol. The lowest BCUT2D eigenvalue weighted by molar-refractivity contribution is 0.0953. The van der Waals surface area contributed by atoms with Crippen LogP contribution < -0.4 is 20.7 Å². The lowest BCUT2D eigenvalue weighted by Gasteiger charge is -2.14. The first-order valence-electron chi connectivity index (χ1n) is 10.2. The van der Waals surface area contributed by atoms with Gasteiger partial charge in [0.05, 0.1) is 6.61 Å². The average Bonchev–Trinajstić information content (AvgIpc) is 2.78. The van der Waals surface area contributed by atoms with Crippen LogP contribution in [0.3, 0.4) is 0 Å². The van der Waals surface area contributed by atoms with Crippen molar-refractivity contribution in [1.29, 1.82) is 0 Å². The molecule has 0 unspecified atom stereocenters. The fraction of sp³-hybridized carbons (Fsp3) is 0.391. The molecule has 7 nitrogen and oxygen atoms in total. The Morgan fingerprint density at radius 2 is 1.90 bits per heavy atom. The summed E-state index contributed by atoms with van der Waals surface area (Å²) in [7, 11) is 3.40. The second-order valence-corrected chi connectivity index (χ2v) is 6.73. The van der Waals surface area contributed by atoms with E-state index in [0.717, 1.165) is 29.8 Å². The van der Waals surface area contributed by atoms with Crippen molar-refractivity contribution in [2.75, 3.05) is 39.2 Å². The minimum Gasteiger partial charge on any atom is -0.493 e. The zero-order chi connectivity index (χ0) is 21.6. The molecule has 0 aliphatic carbocycles. The van der Waals surface area contributed by atoms with Crippen LogP contribution in [0.2, 0.25) is 0 Å². The summed E-state index contributed by atoms with van der Waals surface area (Å²) in [4.78, 5) is 16.4. The molecule has 1 amide bonds. The topological polar surface area (TPSA) is 84.0 Å². The molecular weight excluding hydrogens is 380 g/mol. The molecule has 30 heavy (non-hydrogen) atoms. The van der Waals surface area contributed by atoms with Gasteiger partial charge in [-0.25, -0.2) is 0 Å². The number of amides is 1. The van der Waals surface area contributed by atoms with Crippen LogP contribution in [0.5, 0.6) is 5.75 Å². The summed E-state index contributed by atoms with van der Waals surface area (Å²) in [5.41, 5.74) is 2.53. The monoisotopic (exact) mass is 412 g/mol. The predicted molar refractivity (Wildman–Crippen MR) is 121 cm³/mol. The molecule has 0 aliphatic rings. The molecule has 0 saturated carbocycles. The Balaban J connectivity index is 1.90. The lowest BCUT2D eigenvalue weighted by atomic mass is 10.1. The van der Waals surface area contributed by atoms with Crippen molar-refractivity contribution in [1.82, 2.24) is 10.6 Å². The number of rotatable bonds is 11. The second-order valence-electron chi connectivity index (χ2n) is 6.73. The minimum atomic E-state index is -0.0523. The number of carbonyl (C=O) groups is 1. The third-order valence-electron chi connectivity index (χ3n) is 4.27. The number of anilines is 1. The van der Waals surface area contributed by atoms with E-state index in [1.807, 2.05) is 55.5 Å². The van der Waals surface area contributed by atoms with Crippen molar-refractivity contribution >= 4 is 17.6 Å². The number of guanidine groups is 1. The van der Waals surface area contributed by atoms with Gasteiger partial charge in [0.15, 0.2) is 5.96 Å². The molecule has 0 atom stereocenters. The van der Waals surface area contributed by atoms with Gasteiger partial charge >= 0.3 is 0 Å². The molecule has 0 heterocycles. The van der Waals surface area contributed by atoms with E-state index in [-0.39, 0.29) is 5.91 Å². The van der Waals surface area contributed by atoms with Crippen molar-refractivity contribution in [2.24, 2.45) is 4.99 Å². The van der Waals surface area contributed by atoms with Crippen molar-refractivity contribution < 1.29 is 14.3 Å². The number of nitrogens with zero attached hydrogens (tertiary/aromatic N) is 1. The fourth-order valence-corrected chi connectivity index (χ4v) is 2.72. The molecule has 0 saturated heterocycles. The number of aliphatic imine (C=N–C) groups is 1. The highest BCUT2D eigenvalue weighted by atomic mass is 16.5. The van der Waals surface area contributed by atoms with Crippen LogP contribution in [0.25, 0.3) is 0 Å². The van der Waals surface area contributed by atoms with Gasteiger partial charge in [-0.15, -0.1) is 0 Å². The molecule has 0 aliphatic heterocycles. The van der Waals surface area contributed by atoms with E-state index < -0.39 is 0 Å². The van der Waals surface area contributed by atoms with Crippen molar-refractivity contribution in [3.63, 3.8) is 0 Å². The van der Waals surface area contributed by atoms with Gasteiger partial charge in [0.25, 0.3) is 5.91 Å². The maximum absolute atomic E-state index is 12.1. The summed E-state index contributed by atoms with van der Waals surface area (Å²) in [6.45, 7) is 4.53. The number of carbonyl (C=O) groups excluding carboxylic acids is 1. The van der Waals surface area contributed by atoms with Gasteiger partial charge in [-0.1, -0.05) is 25.1 Å². The van der Waals surface area contributed by atoms with Gasteiger partial charge in [-0.05, 0) is 36.2 Å². The van der Waals surface area contributed by atoms with Crippen molar-refractivity contribution in [3.05, 3.63) is 59.7 Å². The molecule has 0 spiro atoms. The Hall–Kier alpha value is -3.06. The number of ether oxygens (including phenoxy) is 2. The Morgan fingerprint density at radius 1 is 1.07 bits per heavy atom. The highest BCUT2D eigenvalue weighted by Gasteiger charge is 2.06. The largest absolute Gasteiger partial charge is 0.493 e. The Kier molecular flexibility index (Phi) is 10.2. The summed E-state index contributed by atoms with van der Waals surface area (Å²) >= 11 is 0. The van der Waals surface area contributed by atoms with E-state index in [0.29, 0.717) is 37.8 Å². The number of hydrogen-bond donors (Lipinski definition) is 3. The number of nitrogens with one attached hydrogen (secondary N) is 3. The first-order chi connectivity index (χ1) is 14.7. The van der Waals surface area contributed by atoms with E-state index in [9.17, 15) is 4.79 Å². The molecule has 0 radical (unpaired) electrons. The molecule has 3 N–H and O–H groups in total. The van der Waals surface area contributed by atoms with E-state index in [2.05, 4.69) is 20.9 Å². The van der Waals surface area contributed by atoms with Gasteiger partial charge in [-0.3, -0.25) is 9.79 Å². The zero-order valence-electron chi connectivity index (χ0n) is 18.0. The standard InChI is InChI=1S/C23H32N4O3/c1-4-12-25-22(28)19-9-5-8-18(15-19)17-26-23(24-2)27-20-10-6-11-21(16-20)30-14-7-13-29-3/h5-6,8-11,15-16H,4,7,12-14,17H2,1-3H3,(H,25,28)(H2,24,26,27). The Bertz CT molecular complexity index is 824. The molecule has 0 aromatic heterocycles. The maximum atomic E-state index is 12.1. The number of methoxy groups -OCH3 is 1. The summed E-state index contributed by atoms with van der Waals surface area (Å²) in [6.07, 6.45) is 1.75. The third kappa shape index (κ3) is 8.13. The highest BCUT2D eigenvalue weighted by molar-refractivity contribution is 5.95. The Morgan fingerprint density at radius 3 is 2.67 bits per heavy atom. The van der Waals surface area contributed by atoms with Crippen LogP contribution in [-0.4, -0.2) is 45.8 Å². The number of hydrogen-bond acceptors (Lipinski definition) is 4. The van der Waals surface area contributed by atoms with Crippen LogP contribution in [0.15, 0.2) is 53.5 Å². The van der Waals surface area contributed by atoms with Crippen LogP contribution in [0.4, 0.5) is 5.69 Å². The lowest BCUT2D eigenvalue weighted by Crippen LogP contribution is -2.30. The highest BCUT2D eigenvalue weighted by Crippen LogP contribution is 2.17.